The Morgan fingerprint density at radius 1 is 1.33 bits per heavy atom. The first-order valence-electron chi connectivity index (χ1n) is 9.22. The average molecular weight is 404 g/mol. The van der Waals surface area contributed by atoms with Gasteiger partial charge in [-0.15, -0.1) is 11.8 Å². The Bertz CT molecular complexity index is 935. The van der Waals surface area contributed by atoms with Crippen LogP contribution in [0.15, 0.2) is 29.2 Å². The van der Waals surface area contributed by atoms with Crippen molar-refractivity contribution in [2.24, 2.45) is 5.92 Å². The number of thioether (sulfide) groups is 1. The van der Waals surface area contributed by atoms with E-state index in [1.807, 2.05) is 30.5 Å². The normalized spacial score (nSPS) is 25.4. The predicted octanol–water partition coefficient (Wildman–Crippen LogP) is 4.61. The van der Waals surface area contributed by atoms with Crippen LogP contribution in [0.4, 0.5) is 4.79 Å². The molecule has 1 N–H and O–H groups in total. The molecule has 4 rings (SSSR count). The van der Waals surface area contributed by atoms with Crippen LogP contribution in [0.1, 0.15) is 38.2 Å². The molecule has 1 aromatic heterocycles. The van der Waals surface area contributed by atoms with Crippen molar-refractivity contribution in [3.8, 4) is 0 Å². The number of urea groups is 1. The second kappa shape index (κ2) is 6.99. The lowest BCUT2D eigenvalue weighted by Crippen LogP contribution is -2.53. The number of fused-ring (bicyclic) bond motifs is 1. The number of halogens is 1. The van der Waals surface area contributed by atoms with Crippen molar-refractivity contribution in [3.63, 3.8) is 0 Å². The summed E-state index contributed by atoms with van der Waals surface area (Å²) < 4.78 is 0. The van der Waals surface area contributed by atoms with Gasteiger partial charge in [0.1, 0.15) is 10.7 Å². The van der Waals surface area contributed by atoms with E-state index >= 15 is 0 Å². The number of hydrogen-bond acceptors (Lipinski definition) is 4. The quantitative estimate of drug-likeness (QED) is 0.461. The molecule has 2 aliphatic rings. The highest BCUT2D eigenvalue weighted by molar-refractivity contribution is 7.98. The molecule has 5 nitrogen and oxygen atoms in total. The molecule has 142 valence electrons. The van der Waals surface area contributed by atoms with Gasteiger partial charge in [-0.1, -0.05) is 37.4 Å². The van der Waals surface area contributed by atoms with Crippen LogP contribution in [0.5, 0.6) is 0 Å². The number of carbonyl (C=O) groups is 2. The molecule has 2 heterocycles. The number of aromatic nitrogens is 1. The minimum absolute atomic E-state index is 0.131. The minimum atomic E-state index is -0.751. The van der Waals surface area contributed by atoms with E-state index in [1.165, 1.54) is 4.90 Å². The summed E-state index contributed by atoms with van der Waals surface area (Å²) in [7, 11) is 0. The van der Waals surface area contributed by atoms with Gasteiger partial charge in [-0.2, -0.15) is 0 Å². The standard InChI is InChI=1S/C20H22ClN3O2S/c1-12-5-3-4-8-20(12)18(25)24(19(26)23-20)11-14-9-13-6-7-15(27-2)10-16(13)22-17(14)21/h6-7,9-10,12H,3-5,8,11H2,1-2H3,(H,23,26)/t12-,20-/m0/s1. The maximum absolute atomic E-state index is 13.1. The summed E-state index contributed by atoms with van der Waals surface area (Å²) in [5.41, 5.74) is 0.745. The van der Waals surface area contributed by atoms with Gasteiger partial charge in [0.05, 0.1) is 12.1 Å². The van der Waals surface area contributed by atoms with E-state index in [1.54, 1.807) is 11.8 Å². The summed E-state index contributed by atoms with van der Waals surface area (Å²) in [6.45, 7) is 2.19. The number of benzene rings is 1. The fraction of sp³-hybridized carbons (Fsp3) is 0.450. The number of hydrogen-bond donors (Lipinski definition) is 1. The van der Waals surface area contributed by atoms with E-state index in [4.69, 9.17) is 11.6 Å². The average Bonchev–Trinajstić information content (AvgIpc) is 2.89. The summed E-state index contributed by atoms with van der Waals surface area (Å²) in [4.78, 5) is 32.6. The Labute approximate surface area is 167 Å². The molecule has 1 spiro atoms. The van der Waals surface area contributed by atoms with Crippen molar-refractivity contribution in [2.45, 2.75) is 49.6 Å². The number of pyridine rings is 1. The summed E-state index contributed by atoms with van der Waals surface area (Å²) >= 11 is 8.04. The SMILES string of the molecule is CSc1ccc2cc(CN3C(=O)N[C@]4(CCCC[C@@H]4C)C3=O)c(Cl)nc2c1. The van der Waals surface area contributed by atoms with Crippen molar-refractivity contribution in [2.75, 3.05) is 6.26 Å². The Kier molecular flexibility index (Phi) is 4.80. The molecular weight excluding hydrogens is 382 g/mol. The lowest BCUT2D eigenvalue weighted by Gasteiger charge is -2.36. The molecular formula is C20H22ClN3O2S. The van der Waals surface area contributed by atoms with Crippen LogP contribution in [0.3, 0.4) is 0 Å². The van der Waals surface area contributed by atoms with Gasteiger partial charge in [0.2, 0.25) is 0 Å². The Morgan fingerprint density at radius 2 is 2.15 bits per heavy atom. The molecule has 0 bridgehead atoms. The van der Waals surface area contributed by atoms with Crippen LogP contribution < -0.4 is 5.32 Å². The van der Waals surface area contributed by atoms with Crippen LogP contribution in [0.2, 0.25) is 5.15 Å². The molecule has 2 fully saturated rings. The second-order valence-corrected chi connectivity index (χ2v) is 8.67. The zero-order valence-electron chi connectivity index (χ0n) is 15.4. The summed E-state index contributed by atoms with van der Waals surface area (Å²) in [6, 6.07) is 7.60. The highest BCUT2D eigenvalue weighted by atomic mass is 35.5. The Balaban J connectivity index is 1.64. The highest BCUT2D eigenvalue weighted by Crippen LogP contribution is 2.39. The number of nitrogens with one attached hydrogen (secondary N) is 1. The molecule has 1 aliphatic heterocycles. The molecule has 7 heteroatoms. The zero-order chi connectivity index (χ0) is 19.2. The predicted molar refractivity (Wildman–Crippen MR) is 108 cm³/mol. The van der Waals surface area contributed by atoms with Gasteiger partial charge in [0, 0.05) is 15.8 Å². The first-order chi connectivity index (χ1) is 12.9. The summed E-state index contributed by atoms with van der Waals surface area (Å²) in [5, 5.41) is 4.26. The van der Waals surface area contributed by atoms with Crippen LogP contribution in [-0.4, -0.2) is 33.6 Å². The van der Waals surface area contributed by atoms with Gasteiger partial charge < -0.3 is 5.32 Å². The Hall–Kier alpha value is -1.79. The molecule has 2 atom stereocenters. The number of nitrogens with zero attached hydrogens (tertiary/aromatic N) is 2. The molecule has 0 radical (unpaired) electrons. The molecule has 2 aromatic rings. The molecule has 1 aliphatic carbocycles. The first-order valence-corrected chi connectivity index (χ1v) is 10.8. The van der Waals surface area contributed by atoms with Crippen LogP contribution in [0, 0.1) is 5.92 Å². The zero-order valence-corrected chi connectivity index (χ0v) is 17.0. The summed E-state index contributed by atoms with van der Waals surface area (Å²) in [5.74, 6) is 0.0106. The molecule has 1 saturated carbocycles. The molecule has 3 amide bonds. The van der Waals surface area contributed by atoms with E-state index in [-0.39, 0.29) is 24.4 Å². The lowest BCUT2D eigenvalue weighted by molar-refractivity contribution is -0.134. The van der Waals surface area contributed by atoms with Crippen molar-refractivity contribution in [1.82, 2.24) is 15.2 Å². The van der Waals surface area contributed by atoms with Crippen molar-refractivity contribution >= 4 is 46.2 Å². The van der Waals surface area contributed by atoms with Gasteiger partial charge in [0.15, 0.2) is 0 Å². The van der Waals surface area contributed by atoms with E-state index < -0.39 is 5.54 Å². The third kappa shape index (κ3) is 3.09. The third-order valence-electron chi connectivity index (χ3n) is 5.88. The Morgan fingerprint density at radius 3 is 2.89 bits per heavy atom. The van der Waals surface area contributed by atoms with Crippen LogP contribution >= 0.6 is 23.4 Å². The number of imide groups is 1. The smallest absolute Gasteiger partial charge is 0.323 e. The second-order valence-electron chi connectivity index (χ2n) is 7.44. The molecule has 0 unspecified atom stereocenters. The van der Waals surface area contributed by atoms with Gasteiger partial charge in [-0.05, 0) is 43.2 Å². The molecule has 1 saturated heterocycles. The van der Waals surface area contributed by atoms with E-state index in [2.05, 4.69) is 17.2 Å². The van der Waals surface area contributed by atoms with Crippen molar-refractivity contribution in [3.05, 3.63) is 35.0 Å². The fourth-order valence-corrected chi connectivity index (χ4v) is 4.85. The van der Waals surface area contributed by atoms with Crippen LogP contribution in [0.25, 0.3) is 10.9 Å². The van der Waals surface area contributed by atoms with Gasteiger partial charge >= 0.3 is 6.03 Å². The lowest BCUT2D eigenvalue weighted by atomic mass is 9.73. The monoisotopic (exact) mass is 403 g/mol. The first kappa shape index (κ1) is 18.6. The van der Waals surface area contributed by atoms with Crippen molar-refractivity contribution < 1.29 is 9.59 Å². The van der Waals surface area contributed by atoms with Gasteiger partial charge in [0.25, 0.3) is 5.91 Å². The highest BCUT2D eigenvalue weighted by Gasteiger charge is 2.54. The molecule has 1 aromatic carbocycles. The largest absolute Gasteiger partial charge is 0.325 e. The van der Waals surface area contributed by atoms with Gasteiger partial charge in [-0.3, -0.25) is 9.69 Å². The van der Waals surface area contributed by atoms with E-state index in [9.17, 15) is 9.59 Å². The summed E-state index contributed by atoms with van der Waals surface area (Å²) in [6.07, 6.45) is 5.73. The number of amides is 3. The van der Waals surface area contributed by atoms with E-state index in [0.29, 0.717) is 17.1 Å². The topological polar surface area (TPSA) is 62.3 Å². The minimum Gasteiger partial charge on any atom is -0.323 e. The molecule has 27 heavy (non-hydrogen) atoms. The van der Waals surface area contributed by atoms with Crippen LogP contribution in [-0.2, 0) is 11.3 Å². The fourth-order valence-electron chi connectivity index (χ4n) is 4.21. The van der Waals surface area contributed by atoms with Crippen molar-refractivity contribution in [1.29, 1.82) is 0 Å². The number of carbonyl (C=O) groups excluding carboxylic acids is 2. The maximum atomic E-state index is 13.1. The van der Waals surface area contributed by atoms with E-state index in [0.717, 1.165) is 35.1 Å². The number of rotatable bonds is 3. The maximum Gasteiger partial charge on any atom is 0.325 e. The van der Waals surface area contributed by atoms with Gasteiger partial charge in [-0.25, -0.2) is 9.78 Å². The third-order valence-corrected chi connectivity index (χ3v) is 6.93.